The van der Waals surface area contributed by atoms with Gasteiger partial charge in [0.05, 0.1) is 0 Å². The molecule has 1 aromatic rings. The summed E-state index contributed by atoms with van der Waals surface area (Å²) in [5.74, 6) is 0.753. The summed E-state index contributed by atoms with van der Waals surface area (Å²) in [4.78, 5) is 4.09. The summed E-state index contributed by atoms with van der Waals surface area (Å²) in [5.41, 5.74) is 1.10. The van der Waals surface area contributed by atoms with Gasteiger partial charge in [0.15, 0.2) is 5.96 Å². The summed E-state index contributed by atoms with van der Waals surface area (Å²) in [7, 11) is 1.73. The molecule has 106 valence electrons. The number of halogens is 3. The molecule has 0 unspecified atom stereocenters. The van der Waals surface area contributed by atoms with Crippen LogP contribution in [0.4, 0.5) is 0 Å². The van der Waals surface area contributed by atoms with Gasteiger partial charge in [-0.2, -0.15) is 0 Å². The summed E-state index contributed by atoms with van der Waals surface area (Å²) in [5, 5.41) is 7.61. The Kier molecular flexibility index (Phi) is 10.1. The van der Waals surface area contributed by atoms with Crippen molar-refractivity contribution in [3.63, 3.8) is 0 Å². The van der Waals surface area contributed by atoms with Gasteiger partial charge in [-0.25, -0.2) is 0 Å². The first-order valence-corrected chi connectivity index (χ1v) is 6.41. The van der Waals surface area contributed by atoms with Crippen LogP contribution >= 0.6 is 47.2 Å². The van der Waals surface area contributed by atoms with Crippen molar-refractivity contribution in [1.29, 1.82) is 0 Å². The van der Waals surface area contributed by atoms with Gasteiger partial charge in [0, 0.05) is 30.2 Å². The highest BCUT2D eigenvalue weighted by Crippen LogP contribution is 2.19. The van der Waals surface area contributed by atoms with E-state index in [-0.39, 0.29) is 24.0 Å². The van der Waals surface area contributed by atoms with Crippen LogP contribution in [-0.4, -0.2) is 26.1 Å². The van der Waals surface area contributed by atoms with Crippen molar-refractivity contribution in [3.05, 3.63) is 46.5 Å². The Labute approximate surface area is 141 Å². The highest BCUT2D eigenvalue weighted by Gasteiger charge is 1.99. The maximum atomic E-state index is 5.94. The normalized spacial score (nSPS) is 10.6. The second kappa shape index (κ2) is 10.3. The zero-order valence-electron chi connectivity index (χ0n) is 10.7. The summed E-state index contributed by atoms with van der Waals surface area (Å²) in [6, 6.07) is 5.55. The minimum absolute atomic E-state index is 0. The number of hydrogen-bond donors (Lipinski definition) is 2. The van der Waals surface area contributed by atoms with E-state index in [1.807, 2.05) is 12.1 Å². The van der Waals surface area contributed by atoms with Gasteiger partial charge < -0.3 is 10.6 Å². The highest BCUT2D eigenvalue weighted by molar-refractivity contribution is 14.0. The third kappa shape index (κ3) is 7.64. The molecule has 0 aliphatic carbocycles. The van der Waals surface area contributed by atoms with Crippen LogP contribution in [0.5, 0.6) is 0 Å². The van der Waals surface area contributed by atoms with Gasteiger partial charge in [-0.1, -0.05) is 29.3 Å². The molecular formula is C13H18Cl2IN3. The zero-order chi connectivity index (χ0) is 13.4. The predicted molar refractivity (Wildman–Crippen MR) is 95.1 cm³/mol. The lowest BCUT2D eigenvalue weighted by molar-refractivity contribution is 0.822. The molecule has 0 radical (unpaired) electrons. The molecule has 0 amide bonds. The second-order valence-electron chi connectivity index (χ2n) is 3.70. The Morgan fingerprint density at radius 1 is 1.26 bits per heavy atom. The van der Waals surface area contributed by atoms with Crippen LogP contribution in [-0.2, 0) is 6.42 Å². The van der Waals surface area contributed by atoms with Crippen LogP contribution in [0.25, 0.3) is 0 Å². The lowest BCUT2D eigenvalue weighted by Gasteiger charge is -2.10. The first kappa shape index (κ1) is 18.5. The number of guanidine groups is 1. The molecule has 0 aliphatic heterocycles. The van der Waals surface area contributed by atoms with Gasteiger partial charge in [-0.05, 0) is 30.2 Å². The topological polar surface area (TPSA) is 36.4 Å². The molecule has 3 nitrogen and oxygen atoms in total. The van der Waals surface area contributed by atoms with Crippen molar-refractivity contribution < 1.29 is 0 Å². The zero-order valence-corrected chi connectivity index (χ0v) is 14.6. The number of nitrogens with zero attached hydrogens (tertiary/aromatic N) is 1. The van der Waals surface area contributed by atoms with E-state index in [0.717, 1.165) is 24.5 Å². The molecule has 0 bridgehead atoms. The smallest absolute Gasteiger partial charge is 0.191 e. The monoisotopic (exact) mass is 413 g/mol. The molecule has 2 N–H and O–H groups in total. The number of nitrogens with one attached hydrogen (secondary N) is 2. The van der Waals surface area contributed by atoms with E-state index >= 15 is 0 Å². The van der Waals surface area contributed by atoms with Crippen LogP contribution in [0.15, 0.2) is 35.8 Å². The molecule has 1 aromatic carbocycles. The summed E-state index contributed by atoms with van der Waals surface area (Å²) in [6.45, 7) is 5.08. The lowest BCUT2D eigenvalue weighted by Crippen LogP contribution is -2.38. The maximum Gasteiger partial charge on any atom is 0.191 e. The fraction of sp³-hybridized carbons (Fsp3) is 0.308. The number of aliphatic imine (C=N–C) groups is 1. The molecule has 0 aliphatic rings. The van der Waals surface area contributed by atoms with E-state index in [4.69, 9.17) is 23.2 Å². The first-order valence-electron chi connectivity index (χ1n) is 5.66. The van der Waals surface area contributed by atoms with Crippen molar-refractivity contribution in [2.24, 2.45) is 4.99 Å². The van der Waals surface area contributed by atoms with Crippen LogP contribution in [0.3, 0.4) is 0 Å². The molecule has 19 heavy (non-hydrogen) atoms. The van der Waals surface area contributed by atoms with Gasteiger partial charge in [-0.15, -0.1) is 30.6 Å². The van der Waals surface area contributed by atoms with E-state index in [9.17, 15) is 0 Å². The van der Waals surface area contributed by atoms with Gasteiger partial charge in [-0.3, -0.25) is 4.99 Å². The first-order chi connectivity index (χ1) is 8.65. The number of hydrogen-bond acceptors (Lipinski definition) is 1. The molecule has 0 saturated carbocycles. The molecule has 0 fully saturated rings. The molecule has 0 spiro atoms. The fourth-order valence-electron chi connectivity index (χ4n) is 1.47. The minimum atomic E-state index is 0. The van der Waals surface area contributed by atoms with Gasteiger partial charge in [0.1, 0.15) is 0 Å². The molecule has 0 heterocycles. The van der Waals surface area contributed by atoms with Gasteiger partial charge in [0.2, 0.25) is 0 Å². The van der Waals surface area contributed by atoms with Crippen molar-refractivity contribution in [1.82, 2.24) is 10.6 Å². The Morgan fingerprint density at radius 3 is 2.42 bits per heavy atom. The average Bonchev–Trinajstić information content (AvgIpc) is 2.32. The average molecular weight is 414 g/mol. The van der Waals surface area contributed by atoms with E-state index in [1.165, 1.54) is 0 Å². The number of rotatable bonds is 5. The Bertz CT molecular complexity index is 416. The molecular weight excluding hydrogens is 396 g/mol. The van der Waals surface area contributed by atoms with Crippen molar-refractivity contribution in [3.8, 4) is 0 Å². The van der Waals surface area contributed by atoms with E-state index in [2.05, 4.69) is 22.2 Å². The van der Waals surface area contributed by atoms with Crippen LogP contribution < -0.4 is 10.6 Å². The SMILES string of the molecule is C=CCNC(=NC)NCCc1cc(Cl)cc(Cl)c1.I. The molecule has 0 atom stereocenters. The Morgan fingerprint density at radius 2 is 1.89 bits per heavy atom. The van der Waals surface area contributed by atoms with E-state index < -0.39 is 0 Å². The second-order valence-corrected chi connectivity index (χ2v) is 4.57. The van der Waals surface area contributed by atoms with Crippen LogP contribution in [0, 0.1) is 0 Å². The summed E-state index contributed by atoms with van der Waals surface area (Å²) < 4.78 is 0. The Hall–Kier alpha value is -0.460. The van der Waals surface area contributed by atoms with Crippen molar-refractivity contribution >= 4 is 53.1 Å². The predicted octanol–water partition coefficient (Wildman–Crippen LogP) is 3.50. The quantitative estimate of drug-likeness (QED) is 0.335. The largest absolute Gasteiger partial charge is 0.356 e. The van der Waals surface area contributed by atoms with E-state index in [0.29, 0.717) is 16.6 Å². The fourth-order valence-corrected chi connectivity index (χ4v) is 2.04. The maximum absolute atomic E-state index is 5.94. The molecule has 0 aromatic heterocycles. The highest BCUT2D eigenvalue weighted by atomic mass is 127. The van der Waals surface area contributed by atoms with Crippen molar-refractivity contribution in [2.45, 2.75) is 6.42 Å². The third-order valence-electron chi connectivity index (χ3n) is 2.27. The van der Waals surface area contributed by atoms with Crippen LogP contribution in [0.1, 0.15) is 5.56 Å². The summed E-state index contributed by atoms with van der Waals surface area (Å²) >= 11 is 11.9. The minimum Gasteiger partial charge on any atom is -0.356 e. The van der Waals surface area contributed by atoms with Gasteiger partial charge in [0.25, 0.3) is 0 Å². The van der Waals surface area contributed by atoms with Crippen LogP contribution in [0.2, 0.25) is 10.0 Å². The Balaban J connectivity index is 0.00000324. The number of benzene rings is 1. The van der Waals surface area contributed by atoms with E-state index in [1.54, 1.807) is 19.2 Å². The lowest BCUT2D eigenvalue weighted by atomic mass is 10.1. The molecule has 1 rings (SSSR count). The van der Waals surface area contributed by atoms with Crippen molar-refractivity contribution in [2.75, 3.05) is 20.1 Å². The third-order valence-corrected chi connectivity index (χ3v) is 2.70. The summed E-state index contributed by atoms with van der Waals surface area (Å²) in [6.07, 6.45) is 2.61. The molecule has 6 heteroatoms. The molecule has 0 saturated heterocycles. The van der Waals surface area contributed by atoms with Gasteiger partial charge >= 0.3 is 0 Å². The standard InChI is InChI=1S/C13H17Cl2N3.HI/c1-3-5-17-13(16-2)18-6-4-10-7-11(14)9-12(15)8-10;/h3,7-9H,1,4-6H2,2H3,(H2,16,17,18);1H.